The summed E-state index contributed by atoms with van der Waals surface area (Å²) in [5.41, 5.74) is 8.77. The standard InChI is InChI=1S/C13H12FIN2/c1-8-12(15)3-2-4-13(8)17-11-6-9(14)5-10(16)7-11/h2-7,17H,16H2,1H3. The minimum atomic E-state index is -0.337. The van der Waals surface area contributed by atoms with E-state index in [2.05, 4.69) is 27.9 Å². The molecule has 2 aromatic carbocycles. The Hall–Kier alpha value is -1.30. The second kappa shape index (κ2) is 4.91. The average molecular weight is 342 g/mol. The maximum absolute atomic E-state index is 13.2. The molecule has 0 bridgehead atoms. The zero-order valence-corrected chi connectivity index (χ0v) is 11.5. The van der Waals surface area contributed by atoms with Crippen molar-refractivity contribution in [3.8, 4) is 0 Å². The highest BCUT2D eigenvalue weighted by molar-refractivity contribution is 14.1. The first kappa shape index (κ1) is 12.2. The fraction of sp³-hybridized carbons (Fsp3) is 0.0769. The molecule has 0 saturated heterocycles. The van der Waals surface area contributed by atoms with E-state index in [-0.39, 0.29) is 5.82 Å². The van der Waals surface area contributed by atoms with Gasteiger partial charge in [0.1, 0.15) is 5.82 Å². The minimum Gasteiger partial charge on any atom is -0.399 e. The van der Waals surface area contributed by atoms with Crippen molar-refractivity contribution in [2.24, 2.45) is 0 Å². The molecule has 0 amide bonds. The number of nitrogens with one attached hydrogen (secondary N) is 1. The number of hydrogen-bond acceptors (Lipinski definition) is 2. The average Bonchev–Trinajstić information content (AvgIpc) is 2.23. The highest BCUT2D eigenvalue weighted by Gasteiger charge is 2.03. The Kier molecular flexibility index (Phi) is 3.51. The molecule has 0 spiro atoms. The van der Waals surface area contributed by atoms with Crippen LogP contribution in [0, 0.1) is 16.3 Å². The number of hydrogen-bond donors (Lipinski definition) is 2. The Morgan fingerprint density at radius 3 is 2.71 bits per heavy atom. The summed E-state index contributed by atoms with van der Waals surface area (Å²) in [5, 5.41) is 3.17. The molecule has 0 fully saturated rings. The zero-order valence-electron chi connectivity index (χ0n) is 9.30. The molecule has 3 N–H and O–H groups in total. The topological polar surface area (TPSA) is 38.0 Å². The van der Waals surface area contributed by atoms with Crippen LogP contribution in [0.5, 0.6) is 0 Å². The third-order valence-corrected chi connectivity index (χ3v) is 3.64. The number of nitrogens with two attached hydrogens (primary N) is 1. The van der Waals surface area contributed by atoms with Crippen LogP contribution in [0.15, 0.2) is 36.4 Å². The molecule has 0 unspecified atom stereocenters. The van der Waals surface area contributed by atoms with Gasteiger partial charge in [-0.15, -0.1) is 0 Å². The highest BCUT2D eigenvalue weighted by atomic mass is 127. The summed E-state index contributed by atoms with van der Waals surface area (Å²) in [4.78, 5) is 0. The predicted molar refractivity (Wildman–Crippen MR) is 78.0 cm³/mol. The maximum atomic E-state index is 13.2. The summed E-state index contributed by atoms with van der Waals surface area (Å²) in [6.07, 6.45) is 0. The van der Waals surface area contributed by atoms with Gasteiger partial charge in [0, 0.05) is 20.6 Å². The van der Waals surface area contributed by atoms with Gasteiger partial charge in [0.2, 0.25) is 0 Å². The van der Waals surface area contributed by atoms with Crippen LogP contribution in [0.3, 0.4) is 0 Å². The van der Waals surface area contributed by atoms with Crippen LogP contribution in [-0.4, -0.2) is 0 Å². The van der Waals surface area contributed by atoms with Gasteiger partial charge in [-0.1, -0.05) is 6.07 Å². The van der Waals surface area contributed by atoms with Gasteiger partial charge in [0.15, 0.2) is 0 Å². The molecular weight excluding hydrogens is 330 g/mol. The molecule has 0 heterocycles. The van der Waals surface area contributed by atoms with E-state index in [9.17, 15) is 4.39 Å². The molecule has 2 nitrogen and oxygen atoms in total. The van der Waals surface area contributed by atoms with Crippen molar-refractivity contribution in [2.75, 3.05) is 11.1 Å². The lowest BCUT2D eigenvalue weighted by molar-refractivity contribution is 0.629. The Balaban J connectivity index is 2.34. The van der Waals surface area contributed by atoms with E-state index in [1.165, 1.54) is 12.1 Å². The monoisotopic (exact) mass is 342 g/mol. The molecule has 0 atom stereocenters. The molecule has 4 heteroatoms. The Morgan fingerprint density at radius 2 is 2.00 bits per heavy atom. The van der Waals surface area contributed by atoms with Gasteiger partial charge in [-0.3, -0.25) is 0 Å². The second-order valence-electron chi connectivity index (χ2n) is 3.81. The minimum absolute atomic E-state index is 0.337. The quantitative estimate of drug-likeness (QED) is 0.638. The van der Waals surface area contributed by atoms with E-state index in [4.69, 9.17) is 5.73 Å². The lowest BCUT2D eigenvalue weighted by Crippen LogP contribution is -1.96. The smallest absolute Gasteiger partial charge is 0.127 e. The normalized spacial score (nSPS) is 10.3. The van der Waals surface area contributed by atoms with Crippen molar-refractivity contribution in [3.05, 3.63) is 51.3 Å². The Morgan fingerprint density at radius 1 is 1.24 bits per heavy atom. The summed E-state index contributed by atoms with van der Waals surface area (Å²) in [6.45, 7) is 2.02. The largest absolute Gasteiger partial charge is 0.399 e. The number of nitrogen functional groups attached to an aromatic ring is 1. The number of rotatable bonds is 2. The van der Waals surface area contributed by atoms with E-state index >= 15 is 0 Å². The van der Waals surface area contributed by atoms with Gasteiger partial charge < -0.3 is 11.1 Å². The van der Waals surface area contributed by atoms with Gasteiger partial charge in [-0.2, -0.15) is 0 Å². The van der Waals surface area contributed by atoms with Crippen LogP contribution >= 0.6 is 22.6 Å². The van der Waals surface area contributed by atoms with Crippen LogP contribution in [0.2, 0.25) is 0 Å². The first-order chi connectivity index (χ1) is 8.06. The summed E-state index contributed by atoms with van der Waals surface area (Å²) in [5.74, 6) is -0.337. The molecule has 0 aliphatic rings. The molecule has 17 heavy (non-hydrogen) atoms. The van der Waals surface area contributed by atoms with Crippen LogP contribution in [0.25, 0.3) is 0 Å². The molecule has 0 aromatic heterocycles. The van der Waals surface area contributed by atoms with Crippen molar-refractivity contribution in [1.82, 2.24) is 0 Å². The summed E-state index contributed by atoms with van der Waals surface area (Å²) in [6, 6.07) is 10.4. The first-order valence-electron chi connectivity index (χ1n) is 5.14. The summed E-state index contributed by atoms with van der Waals surface area (Å²) in [7, 11) is 0. The van der Waals surface area contributed by atoms with Crippen LogP contribution < -0.4 is 11.1 Å². The fourth-order valence-corrected chi connectivity index (χ4v) is 2.08. The van der Waals surface area contributed by atoms with Crippen molar-refractivity contribution < 1.29 is 4.39 Å². The second-order valence-corrected chi connectivity index (χ2v) is 4.97. The SMILES string of the molecule is Cc1c(I)cccc1Nc1cc(N)cc(F)c1. The number of anilines is 3. The molecule has 0 saturated carbocycles. The van der Waals surface area contributed by atoms with Gasteiger partial charge in [0.25, 0.3) is 0 Å². The predicted octanol–water partition coefficient (Wildman–Crippen LogP) is 4.06. The van der Waals surface area contributed by atoms with E-state index in [0.717, 1.165) is 14.8 Å². The fourth-order valence-electron chi connectivity index (χ4n) is 1.58. The van der Waals surface area contributed by atoms with Crippen LogP contribution in [0.1, 0.15) is 5.56 Å². The van der Waals surface area contributed by atoms with Crippen molar-refractivity contribution in [3.63, 3.8) is 0 Å². The third kappa shape index (κ3) is 2.88. The third-order valence-electron chi connectivity index (χ3n) is 2.47. The van der Waals surface area contributed by atoms with E-state index in [1.807, 2.05) is 25.1 Å². The van der Waals surface area contributed by atoms with Crippen molar-refractivity contribution >= 4 is 39.7 Å². The van der Waals surface area contributed by atoms with E-state index in [1.54, 1.807) is 6.07 Å². The molecular formula is C13H12FIN2. The molecule has 0 aliphatic carbocycles. The van der Waals surface area contributed by atoms with Crippen LogP contribution in [0.4, 0.5) is 21.5 Å². The molecule has 0 aliphatic heterocycles. The lowest BCUT2D eigenvalue weighted by Gasteiger charge is -2.11. The molecule has 88 valence electrons. The number of benzene rings is 2. The lowest BCUT2D eigenvalue weighted by atomic mass is 10.2. The van der Waals surface area contributed by atoms with Gasteiger partial charge in [-0.05, 0) is 65.4 Å². The molecule has 2 rings (SSSR count). The molecule has 2 aromatic rings. The summed E-state index contributed by atoms with van der Waals surface area (Å²) < 4.78 is 14.4. The van der Waals surface area contributed by atoms with Gasteiger partial charge in [-0.25, -0.2) is 4.39 Å². The molecule has 0 radical (unpaired) electrons. The Bertz CT molecular complexity index is 535. The van der Waals surface area contributed by atoms with Gasteiger partial charge in [0.05, 0.1) is 0 Å². The first-order valence-corrected chi connectivity index (χ1v) is 6.22. The highest BCUT2D eigenvalue weighted by Crippen LogP contribution is 2.25. The van der Waals surface area contributed by atoms with E-state index < -0.39 is 0 Å². The van der Waals surface area contributed by atoms with Crippen molar-refractivity contribution in [1.29, 1.82) is 0 Å². The zero-order chi connectivity index (χ0) is 12.4. The van der Waals surface area contributed by atoms with Crippen molar-refractivity contribution in [2.45, 2.75) is 6.92 Å². The summed E-state index contributed by atoms with van der Waals surface area (Å²) >= 11 is 2.27. The Labute approximate surface area is 113 Å². The van der Waals surface area contributed by atoms with E-state index in [0.29, 0.717) is 11.4 Å². The van der Waals surface area contributed by atoms with Crippen LogP contribution in [-0.2, 0) is 0 Å². The maximum Gasteiger partial charge on any atom is 0.127 e. The number of halogens is 2. The van der Waals surface area contributed by atoms with Gasteiger partial charge >= 0.3 is 0 Å².